The lowest BCUT2D eigenvalue weighted by atomic mass is 10.1. The maximum absolute atomic E-state index is 12.3. The first kappa shape index (κ1) is 17.6. The second-order valence-corrected chi connectivity index (χ2v) is 6.14. The molecule has 2 amide bonds. The fourth-order valence-corrected chi connectivity index (χ4v) is 2.87. The molecule has 0 atom stereocenters. The van der Waals surface area contributed by atoms with Gasteiger partial charge in [-0.2, -0.15) is 0 Å². The number of carboxylic acid groups (broad SMARTS) is 1. The molecule has 1 aromatic heterocycles. The number of amides is 2. The number of likely N-dealkylation sites (tertiary alicyclic amines) is 1. The number of carbonyl (C=O) groups is 3. The average Bonchev–Trinajstić information content (AvgIpc) is 2.64. The highest BCUT2D eigenvalue weighted by Gasteiger charge is 2.18. The van der Waals surface area contributed by atoms with Crippen molar-refractivity contribution in [1.29, 1.82) is 0 Å². The number of aromatic nitrogens is 1. The van der Waals surface area contributed by atoms with E-state index in [-0.39, 0.29) is 17.3 Å². The minimum absolute atomic E-state index is 0.0292. The van der Waals surface area contributed by atoms with Crippen LogP contribution in [0, 0.1) is 0 Å². The van der Waals surface area contributed by atoms with Gasteiger partial charge in [0.05, 0.1) is 0 Å². The summed E-state index contributed by atoms with van der Waals surface area (Å²) in [4.78, 5) is 40.9. The van der Waals surface area contributed by atoms with Gasteiger partial charge in [-0.05, 0) is 42.7 Å². The van der Waals surface area contributed by atoms with E-state index in [2.05, 4.69) is 10.3 Å². The number of benzene rings is 1. The quantitative estimate of drug-likeness (QED) is 0.860. The van der Waals surface area contributed by atoms with Crippen LogP contribution in [0.5, 0.6) is 0 Å². The standard InChI is InChI=1S/C19H19N3O4/c23-17-9-1-2-10-22(17)12-13-5-3-6-14(11-13)20-18(24)15-7-4-8-16(21-15)19(25)26/h3-8,11H,1-2,9-10,12H2,(H,20,24)(H,25,26). The van der Waals surface area contributed by atoms with E-state index in [9.17, 15) is 14.4 Å². The Morgan fingerprint density at radius 2 is 1.88 bits per heavy atom. The molecule has 1 fully saturated rings. The number of hydrogen-bond donors (Lipinski definition) is 2. The fourth-order valence-electron chi connectivity index (χ4n) is 2.87. The van der Waals surface area contributed by atoms with Crippen molar-refractivity contribution in [3.8, 4) is 0 Å². The molecule has 0 radical (unpaired) electrons. The van der Waals surface area contributed by atoms with Crippen LogP contribution in [0.25, 0.3) is 0 Å². The molecule has 0 spiro atoms. The Morgan fingerprint density at radius 3 is 2.65 bits per heavy atom. The largest absolute Gasteiger partial charge is 0.477 e. The van der Waals surface area contributed by atoms with Gasteiger partial charge in [-0.25, -0.2) is 9.78 Å². The number of piperidine rings is 1. The third-order valence-corrected chi connectivity index (χ3v) is 4.18. The highest BCUT2D eigenvalue weighted by Crippen LogP contribution is 2.17. The van der Waals surface area contributed by atoms with Crippen LogP contribution in [-0.4, -0.2) is 39.3 Å². The molecule has 134 valence electrons. The van der Waals surface area contributed by atoms with Crippen LogP contribution < -0.4 is 5.32 Å². The van der Waals surface area contributed by atoms with Crippen molar-refractivity contribution in [3.05, 3.63) is 59.4 Å². The number of carbonyl (C=O) groups excluding carboxylic acids is 2. The van der Waals surface area contributed by atoms with Gasteiger partial charge in [0.25, 0.3) is 5.91 Å². The average molecular weight is 353 g/mol. The van der Waals surface area contributed by atoms with Crippen molar-refractivity contribution in [2.75, 3.05) is 11.9 Å². The minimum Gasteiger partial charge on any atom is -0.477 e. The summed E-state index contributed by atoms with van der Waals surface area (Å²) in [6.45, 7) is 1.26. The summed E-state index contributed by atoms with van der Waals surface area (Å²) in [6, 6.07) is 11.5. The van der Waals surface area contributed by atoms with Gasteiger partial charge in [-0.15, -0.1) is 0 Å². The third-order valence-electron chi connectivity index (χ3n) is 4.18. The van der Waals surface area contributed by atoms with Crippen LogP contribution in [0.3, 0.4) is 0 Å². The summed E-state index contributed by atoms with van der Waals surface area (Å²) in [5, 5.41) is 11.7. The first-order valence-electron chi connectivity index (χ1n) is 8.41. The Morgan fingerprint density at radius 1 is 1.12 bits per heavy atom. The van der Waals surface area contributed by atoms with Crippen LogP contribution in [0.15, 0.2) is 42.5 Å². The molecule has 1 aromatic carbocycles. The number of rotatable bonds is 5. The number of aromatic carboxylic acids is 1. The summed E-state index contributed by atoms with van der Waals surface area (Å²) in [5.41, 5.74) is 1.33. The molecule has 2 heterocycles. The van der Waals surface area contributed by atoms with Gasteiger partial charge in [0.1, 0.15) is 11.4 Å². The van der Waals surface area contributed by atoms with Gasteiger partial charge in [-0.1, -0.05) is 18.2 Å². The molecule has 0 unspecified atom stereocenters. The molecule has 7 heteroatoms. The van der Waals surface area contributed by atoms with Crippen molar-refractivity contribution in [2.45, 2.75) is 25.8 Å². The summed E-state index contributed by atoms with van der Waals surface area (Å²) in [7, 11) is 0. The Kier molecular flexibility index (Phi) is 5.26. The third kappa shape index (κ3) is 4.24. The van der Waals surface area contributed by atoms with Crippen molar-refractivity contribution >= 4 is 23.5 Å². The molecule has 1 aliphatic heterocycles. The second kappa shape index (κ2) is 7.77. The lowest BCUT2D eigenvalue weighted by Gasteiger charge is -2.26. The van der Waals surface area contributed by atoms with Crippen LogP contribution in [0.4, 0.5) is 5.69 Å². The topological polar surface area (TPSA) is 99.6 Å². The van der Waals surface area contributed by atoms with E-state index < -0.39 is 11.9 Å². The Hall–Kier alpha value is -3.22. The van der Waals surface area contributed by atoms with E-state index in [1.807, 2.05) is 11.0 Å². The summed E-state index contributed by atoms with van der Waals surface area (Å²) < 4.78 is 0. The molecule has 26 heavy (non-hydrogen) atoms. The molecule has 1 saturated heterocycles. The lowest BCUT2D eigenvalue weighted by Crippen LogP contribution is -2.34. The molecular weight excluding hydrogens is 334 g/mol. The molecule has 0 saturated carbocycles. The molecule has 2 aromatic rings. The fraction of sp³-hybridized carbons (Fsp3) is 0.263. The number of hydrogen-bond acceptors (Lipinski definition) is 4. The van der Waals surface area contributed by atoms with Crippen molar-refractivity contribution in [3.63, 3.8) is 0 Å². The van der Waals surface area contributed by atoms with E-state index in [0.717, 1.165) is 24.9 Å². The zero-order valence-electron chi connectivity index (χ0n) is 14.1. The number of nitrogens with one attached hydrogen (secondary N) is 1. The maximum atomic E-state index is 12.3. The molecule has 0 bridgehead atoms. The van der Waals surface area contributed by atoms with Gasteiger partial charge < -0.3 is 15.3 Å². The minimum atomic E-state index is -1.19. The number of pyridine rings is 1. The molecule has 7 nitrogen and oxygen atoms in total. The van der Waals surface area contributed by atoms with Gasteiger partial charge in [0.2, 0.25) is 5.91 Å². The maximum Gasteiger partial charge on any atom is 0.354 e. The van der Waals surface area contributed by atoms with E-state index in [1.165, 1.54) is 18.2 Å². The smallest absolute Gasteiger partial charge is 0.354 e. The van der Waals surface area contributed by atoms with Crippen LogP contribution >= 0.6 is 0 Å². The van der Waals surface area contributed by atoms with E-state index >= 15 is 0 Å². The highest BCUT2D eigenvalue weighted by molar-refractivity contribution is 6.03. The summed E-state index contributed by atoms with van der Waals surface area (Å²) in [6.07, 6.45) is 2.53. The zero-order chi connectivity index (χ0) is 18.5. The van der Waals surface area contributed by atoms with Gasteiger partial charge in [0.15, 0.2) is 0 Å². The van der Waals surface area contributed by atoms with Gasteiger partial charge in [-0.3, -0.25) is 9.59 Å². The SMILES string of the molecule is O=C(O)c1cccc(C(=O)Nc2cccc(CN3CCCCC3=O)c2)n1. The Bertz CT molecular complexity index is 850. The van der Waals surface area contributed by atoms with E-state index in [1.54, 1.807) is 18.2 Å². The second-order valence-electron chi connectivity index (χ2n) is 6.14. The van der Waals surface area contributed by atoms with Crippen LogP contribution in [-0.2, 0) is 11.3 Å². The lowest BCUT2D eigenvalue weighted by molar-refractivity contribution is -0.133. The highest BCUT2D eigenvalue weighted by atomic mass is 16.4. The van der Waals surface area contributed by atoms with Crippen molar-refractivity contribution in [2.24, 2.45) is 0 Å². The predicted octanol–water partition coefficient (Wildman–Crippen LogP) is 2.54. The number of carboxylic acids is 1. The summed E-state index contributed by atoms with van der Waals surface area (Å²) >= 11 is 0. The molecule has 2 N–H and O–H groups in total. The van der Waals surface area contributed by atoms with E-state index in [0.29, 0.717) is 18.7 Å². The molecule has 0 aliphatic carbocycles. The van der Waals surface area contributed by atoms with Crippen LogP contribution in [0.1, 0.15) is 45.8 Å². The van der Waals surface area contributed by atoms with Crippen molar-refractivity contribution < 1.29 is 19.5 Å². The first-order valence-corrected chi connectivity index (χ1v) is 8.41. The zero-order valence-corrected chi connectivity index (χ0v) is 14.1. The van der Waals surface area contributed by atoms with Crippen LogP contribution in [0.2, 0.25) is 0 Å². The Labute approximate surface area is 150 Å². The molecule has 3 rings (SSSR count). The van der Waals surface area contributed by atoms with Crippen molar-refractivity contribution in [1.82, 2.24) is 9.88 Å². The van der Waals surface area contributed by atoms with E-state index in [4.69, 9.17) is 5.11 Å². The first-order chi connectivity index (χ1) is 12.5. The predicted molar refractivity (Wildman–Crippen MR) is 94.9 cm³/mol. The normalized spacial score (nSPS) is 14.2. The van der Waals surface area contributed by atoms with Gasteiger partial charge >= 0.3 is 5.97 Å². The number of nitrogens with zero attached hydrogens (tertiary/aromatic N) is 2. The molecular formula is C19H19N3O4. The Balaban J connectivity index is 1.70. The molecule has 1 aliphatic rings. The van der Waals surface area contributed by atoms with Gasteiger partial charge in [0, 0.05) is 25.2 Å². The number of anilines is 1. The monoisotopic (exact) mass is 353 g/mol. The summed E-state index contributed by atoms with van der Waals surface area (Å²) in [5.74, 6) is -1.52.